The summed E-state index contributed by atoms with van der Waals surface area (Å²) in [4.78, 5) is 35.1. The molecule has 0 bridgehead atoms. The number of carbonyl (C=O) groups is 3. The van der Waals surface area contributed by atoms with Crippen molar-refractivity contribution >= 4 is 17.8 Å². The summed E-state index contributed by atoms with van der Waals surface area (Å²) in [6, 6.07) is 4.67. The molecule has 0 aliphatic heterocycles. The third-order valence-corrected chi connectivity index (χ3v) is 3.06. The van der Waals surface area contributed by atoms with Gasteiger partial charge >= 0.3 is 5.97 Å². The van der Waals surface area contributed by atoms with Crippen molar-refractivity contribution in [1.82, 2.24) is 10.6 Å². The molecule has 0 unspecified atom stereocenters. The molecule has 1 rings (SSSR count). The van der Waals surface area contributed by atoms with Crippen LogP contribution in [0.25, 0.3) is 0 Å². The lowest BCUT2D eigenvalue weighted by atomic mass is 10.1. The molecule has 0 saturated heterocycles. The first-order valence-electron chi connectivity index (χ1n) is 7.16. The summed E-state index contributed by atoms with van der Waals surface area (Å²) < 4.78 is 4.97. The van der Waals surface area contributed by atoms with Crippen LogP contribution in [0.1, 0.15) is 35.3 Å². The number of rotatable bonds is 6. The van der Waals surface area contributed by atoms with Gasteiger partial charge in [-0.15, -0.1) is 0 Å². The highest BCUT2D eigenvalue weighted by Crippen LogP contribution is 2.11. The van der Waals surface area contributed by atoms with Gasteiger partial charge in [-0.05, 0) is 39.3 Å². The fourth-order valence-corrected chi connectivity index (χ4v) is 1.93. The molecule has 0 saturated carbocycles. The Hall–Kier alpha value is -2.37. The molecule has 1 atom stereocenters. The molecule has 0 aliphatic rings. The number of carbonyl (C=O) groups excluding carboxylic acids is 3. The molecule has 22 heavy (non-hydrogen) atoms. The van der Waals surface area contributed by atoms with Crippen molar-refractivity contribution in [3.8, 4) is 0 Å². The molecule has 0 fully saturated rings. The molecule has 0 aromatic heterocycles. The third-order valence-electron chi connectivity index (χ3n) is 3.06. The zero-order valence-corrected chi connectivity index (χ0v) is 13.4. The molecule has 0 spiro atoms. The van der Waals surface area contributed by atoms with Gasteiger partial charge in [-0.1, -0.05) is 17.7 Å². The van der Waals surface area contributed by atoms with Crippen molar-refractivity contribution < 1.29 is 19.1 Å². The molecule has 0 aliphatic carbocycles. The second-order valence-electron chi connectivity index (χ2n) is 5.08. The molecular formula is C16H22N2O4. The molecular weight excluding hydrogens is 284 g/mol. The minimum Gasteiger partial charge on any atom is -0.452 e. The largest absolute Gasteiger partial charge is 0.452 e. The quantitative estimate of drug-likeness (QED) is 0.771. The van der Waals surface area contributed by atoms with Crippen LogP contribution in [0.5, 0.6) is 0 Å². The Bertz CT molecular complexity index is 569. The Kier molecular flexibility index (Phi) is 6.56. The Labute approximate surface area is 130 Å². The Morgan fingerprint density at radius 1 is 1.23 bits per heavy atom. The maximum atomic E-state index is 11.9. The van der Waals surface area contributed by atoms with Crippen molar-refractivity contribution in [3.05, 3.63) is 34.9 Å². The van der Waals surface area contributed by atoms with Gasteiger partial charge in [-0.2, -0.15) is 0 Å². The lowest BCUT2D eigenvalue weighted by Gasteiger charge is -2.13. The highest BCUT2D eigenvalue weighted by molar-refractivity contribution is 5.93. The molecule has 6 nitrogen and oxygen atoms in total. The maximum absolute atomic E-state index is 11.9. The zero-order valence-electron chi connectivity index (χ0n) is 13.4. The van der Waals surface area contributed by atoms with Crippen molar-refractivity contribution in [2.45, 2.75) is 33.7 Å². The van der Waals surface area contributed by atoms with Crippen LogP contribution in [0.3, 0.4) is 0 Å². The van der Waals surface area contributed by atoms with E-state index in [2.05, 4.69) is 10.6 Å². The van der Waals surface area contributed by atoms with Crippen molar-refractivity contribution in [2.24, 2.45) is 0 Å². The predicted octanol–water partition coefficient (Wildman–Crippen LogP) is 1.10. The highest BCUT2D eigenvalue weighted by atomic mass is 16.5. The summed E-state index contributed by atoms with van der Waals surface area (Å²) in [6.45, 7) is 7.16. The normalized spacial score (nSPS) is 11.5. The average molecular weight is 306 g/mol. The van der Waals surface area contributed by atoms with E-state index in [0.29, 0.717) is 12.1 Å². The second-order valence-corrected chi connectivity index (χ2v) is 5.08. The summed E-state index contributed by atoms with van der Waals surface area (Å²) in [5.74, 6) is -1.35. The standard InChI is InChI=1S/C16H22N2O4/c1-5-17-15(20)12(4)18-14(19)9-22-16(21)13-7-6-10(2)8-11(13)3/h6-8,12H,5,9H2,1-4H3,(H,17,20)(H,18,19)/t12-/m0/s1. The van der Waals surface area contributed by atoms with E-state index in [1.165, 1.54) is 0 Å². The Morgan fingerprint density at radius 3 is 2.50 bits per heavy atom. The van der Waals surface area contributed by atoms with E-state index in [4.69, 9.17) is 4.74 Å². The highest BCUT2D eigenvalue weighted by Gasteiger charge is 2.17. The smallest absolute Gasteiger partial charge is 0.338 e. The average Bonchev–Trinajstić information content (AvgIpc) is 2.45. The van der Waals surface area contributed by atoms with Crippen LogP contribution in [-0.4, -0.2) is 37.0 Å². The minimum atomic E-state index is -0.674. The topological polar surface area (TPSA) is 84.5 Å². The van der Waals surface area contributed by atoms with E-state index in [-0.39, 0.29) is 5.91 Å². The third kappa shape index (κ3) is 5.20. The number of benzene rings is 1. The fourth-order valence-electron chi connectivity index (χ4n) is 1.93. The summed E-state index contributed by atoms with van der Waals surface area (Å²) in [6.07, 6.45) is 0. The van der Waals surface area contributed by atoms with Gasteiger partial charge in [0.05, 0.1) is 5.56 Å². The summed E-state index contributed by atoms with van der Waals surface area (Å²) in [5.41, 5.74) is 2.26. The molecule has 6 heteroatoms. The van der Waals surface area contributed by atoms with Gasteiger partial charge in [-0.3, -0.25) is 9.59 Å². The van der Waals surface area contributed by atoms with Crippen LogP contribution in [-0.2, 0) is 14.3 Å². The number of hydrogen-bond acceptors (Lipinski definition) is 4. The van der Waals surface area contributed by atoms with Crippen molar-refractivity contribution in [1.29, 1.82) is 0 Å². The van der Waals surface area contributed by atoms with Crippen LogP contribution < -0.4 is 10.6 Å². The number of hydrogen-bond donors (Lipinski definition) is 2. The number of ether oxygens (including phenoxy) is 1. The van der Waals surface area contributed by atoms with Gasteiger partial charge in [-0.25, -0.2) is 4.79 Å². The van der Waals surface area contributed by atoms with Crippen LogP contribution in [0.4, 0.5) is 0 Å². The minimum absolute atomic E-state index is 0.281. The molecule has 2 amide bonds. The second kappa shape index (κ2) is 8.17. The van der Waals surface area contributed by atoms with E-state index in [1.54, 1.807) is 32.9 Å². The number of aryl methyl sites for hydroxylation is 2. The lowest BCUT2D eigenvalue weighted by molar-refractivity contribution is -0.130. The summed E-state index contributed by atoms with van der Waals surface area (Å²) in [7, 11) is 0. The molecule has 0 radical (unpaired) electrons. The van der Waals surface area contributed by atoms with Gasteiger partial charge in [0.25, 0.3) is 5.91 Å². The molecule has 1 aromatic rings. The first kappa shape index (κ1) is 17.7. The van der Waals surface area contributed by atoms with Crippen LogP contribution in [0.2, 0.25) is 0 Å². The van der Waals surface area contributed by atoms with Gasteiger partial charge in [0.2, 0.25) is 5.91 Å². The summed E-state index contributed by atoms with van der Waals surface area (Å²) >= 11 is 0. The van der Waals surface area contributed by atoms with E-state index in [9.17, 15) is 14.4 Å². The summed E-state index contributed by atoms with van der Waals surface area (Å²) in [5, 5.41) is 5.06. The van der Waals surface area contributed by atoms with E-state index in [1.807, 2.05) is 13.0 Å². The first-order chi connectivity index (χ1) is 10.3. The number of amides is 2. The van der Waals surface area contributed by atoms with Gasteiger partial charge in [0, 0.05) is 6.54 Å². The lowest BCUT2D eigenvalue weighted by Crippen LogP contribution is -2.46. The Balaban J connectivity index is 2.50. The maximum Gasteiger partial charge on any atom is 0.338 e. The molecule has 120 valence electrons. The monoisotopic (exact) mass is 306 g/mol. The van der Waals surface area contributed by atoms with Crippen LogP contribution in [0.15, 0.2) is 18.2 Å². The van der Waals surface area contributed by atoms with E-state index in [0.717, 1.165) is 11.1 Å². The van der Waals surface area contributed by atoms with E-state index < -0.39 is 24.5 Å². The zero-order chi connectivity index (χ0) is 16.7. The SMILES string of the molecule is CCNC(=O)[C@H](C)NC(=O)COC(=O)c1ccc(C)cc1C. The molecule has 2 N–H and O–H groups in total. The van der Waals surface area contributed by atoms with E-state index >= 15 is 0 Å². The number of likely N-dealkylation sites (N-methyl/N-ethyl adjacent to an activating group) is 1. The van der Waals surface area contributed by atoms with Gasteiger partial charge in [0.1, 0.15) is 6.04 Å². The van der Waals surface area contributed by atoms with Crippen molar-refractivity contribution in [3.63, 3.8) is 0 Å². The van der Waals surface area contributed by atoms with Crippen molar-refractivity contribution in [2.75, 3.05) is 13.2 Å². The van der Waals surface area contributed by atoms with Gasteiger partial charge < -0.3 is 15.4 Å². The molecule has 1 aromatic carbocycles. The first-order valence-corrected chi connectivity index (χ1v) is 7.16. The number of nitrogens with one attached hydrogen (secondary N) is 2. The predicted molar refractivity (Wildman–Crippen MR) is 82.5 cm³/mol. The Morgan fingerprint density at radius 2 is 1.91 bits per heavy atom. The van der Waals surface area contributed by atoms with Crippen LogP contribution in [0, 0.1) is 13.8 Å². The van der Waals surface area contributed by atoms with Gasteiger partial charge in [0.15, 0.2) is 6.61 Å². The molecule has 0 heterocycles. The van der Waals surface area contributed by atoms with Crippen LogP contribution >= 0.6 is 0 Å². The fraction of sp³-hybridized carbons (Fsp3) is 0.438. The number of esters is 1.